The molecule has 0 atom stereocenters. The van der Waals surface area contributed by atoms with Crippen LogP contribution in [0, 0.1) is 0 Å². The van der Waals surface area contributed by atoms with Crippen LogP contribution in [0.5, 0.6) is 5.75 Å². The van der Waals surface area contributed by atoms with Gasteiger partial charge in [0, 0.05) is 22.4 Å². The van der Waals surface area contributed by atoms with E-state index in [1.807, 2.05) is 54.6 Å². The average molecular weight is 496 g/mol. The van der Waals surface area contributed by atoms with Crippen LogP contribution >= 0.6 is 27.3 Å². The van der Waals surface area contributed by atoms with Crippen molar-refractivity contribution in [2.45, 2.75) is 26.3 Å². The van der Waals surface area contributed by atoms with E-state index in [0.29, 0.717) is 23.8 Å². The van der Waals surface area contributed by atoms with E-state index in [1.54, 1.807) is 17.3 Å². The molecule has 0 saturated heterocycles. The summed E-state index contributed by atoms with van der Waals surface area (Å²) in [6.07, 6.45) is 5.59. The zero-order valence-electron chi connectivity index (χ0n) is 17.1. The van der Waals surface area contributed by atoms with Gasteiger partial charge < -0.3 is 4.74 Å². The van der Waals surface area contributed by atoms with Crippen LogP contribution in [0.25, 0.3) is 10.2 Å². The molecule has 2 aromatic carbocycles. The third-order valence-electron chi connectivity index (χ3n) is 4.75. The van der Waals surface area contributed by atoms with Crippen LogP contribution in [0.2, 0.25) is 0 Å². The molecule has 0 spiro atoms. The molecule has 0 aliphatic heterocycles. The molecule has 0 fully saturated rings. The maximum absolute atomic E-state index is 13.5. The summed E-state index contributed by atoms with van der Waals surface area (Å²) in [5.74, 6) is 0.663. The first-order valence-electron chi connectivity index (χ1n) is 10.1. The standard InChI is InChI=1S/C24H22BrN3O2S/c1-2-3-13-30-20-9-6-18(7-10-20)23(29)28(16-17-5-4-12-26-15-17)24-27-21-11-8-19(25)14-22(21)31-24/h4-12,14-15H,2-3,13,16H2,1H3. The van der Waals surface area contributed by atoms with Gasteiger partial charge in [-0.05, 0) is 60.5 Å². The van der Waals surface area contributed by atoms with Crippen molar-refractivity contribution in [3.63, 3.8) is 0 Å². The Kier molecular flexibility index (Phi) is 6.94. The molecule has 0 radical (unpaired) electrons. The van der Waals surface area contributed by atoms with E-state index in [0.717, 1.165) is 38.8 Å². The van der Waals surface area contributed by atoms with Gasteiger partial charge in [0.15, 0.2) is 5.13 Å². The maximum Gasteiger partial charge on any atom is 0.260 e. The number of aromatic nitrogens is 2. The number of ether oxygens (including phenoxy) is 1. The molecule has 7 heteroatoms. The Morgan fingerprint density at radius 3 is 2.74 bits per heavy atom. The zero-order chi connectivity index (χ0) is 21.6. The van der Waals surface area contributed by atoms with Crippen molar-refractivity contribution < 1.29 is 9.53 Å². The van der Waals surface area contributed by atoms with Crippen LogP contribution in [0.3, 0.4) is 0 Å². The second kappa shape index (κ2) is 10.0. The number of carbonyl (C=O) groups is 1. The number of pyridine rings is 1. The highest BCUT2D eigenvalue weighted by Gasteiger charge is 2.22. The first-order chi connectivity index (χ1) is 15.1. The highest BCUT2D eigenvalue weighted by Crippen LogP contribution is 2.32. The first-order valence-corrected chi connectivity index (χ1v) is 11.7. The number of nitrogens with zero attached hydrogens (tertiary/aromatic N) is 3. The normalized spacial score (nSPS) is 10.9. The quantitative estimate of drug-likeness (QED) is 0.262. The van der Waals surface area contributed by atoms with E-state index in [2.05, 4.69) is 27.8 Å². The molecular weight excluding hydrogens is 474 g/mol. The number of anilines is 1. The van der Waals surface area contributed by atoms with Gasteiger partial charge in [-0.15, -0.1) is 0 Å². The van der Waals surface area contributed by atoms with Gasteiger partial charge >= 0.3 is 0 Å². The molecule has 0 aliphatic rings. The molecule has 31 heavy (non-hydrogen) atoms. The van der Waals surface area contributed by atoms with Crippen molar-refractivity contribution in [2.75, 3.05) is 11.5 Å². The van der Waals surface area contributed by atoms with Gasteiger partial charge in [0.1, 0.15) is 5.75 Å². The van der Waals surface area contributed by atoms with E-state index in [-0.39, 0.29) is 5.91 Å². The highest BCUT2D eigenvalue weighted by atomic mass is 79.9. The number of hydrogen-bond acceptors (Lipinski definition) is 5. The molecule has 5 nitrogen and oxygen atoms in total. The van der Waals surface area contributed by atoms with E-state index in [4.69, 9.17) is 9.72 Å². The summed E-state index contributed by atoms with van der Waals surface area (Å²) in [5.41, 5.74) is 2.40. The number of benzene rings is 2. The Morgan fingerprint density at radius 2 is 2.00 bits per heavy atom. The number of carbonyl (C=O) groups excluding carboxylic acids is 1. The highest BCUT2D eigenvalue weighted by molar-refractivity contribution is 9.10. The minimum Gasteiger partial charge on any atom is -0.494 e. The van der Waals surface area contributed by atoms with Gasteiger partial charge in [-0.25, -0.2) is 4.98 Å². The number of rotatable bonds is 8. The number of amides is 1. The molecule has 4 aromatic rings. The lowest BCUT2D eigenvalue weighted by Gasteiger charge is -2.20. The fraction of sp³-hybridized carbons (Fsp3) is 0.208. The maximum atomic E-state index is 13.5. The monoisotopic (exact) mass is 495 g/mol. The van der Waals surface area contributed by atoms with Crippen LogP contribution in [0.15, 0.2) is 71.5 Å². The molecule has 2 heterocycles. The zero-order valence-corrected chi connectivity index (χ0v) is 19.5. The van der Waals surface area contributed by atoms with Crippen molar-refractivity contribution in [1.82, 2.24) is 9.97 Å². The van der Waals surface area contributed by atoms with E-state index < -0.39 is 0 Å². The third kappa shape index (κ3) is 5.29. The van der Waals surface area contributed by atoms with Crippen LogP contribution in [0.4, 0.5) is 5.13 Å². The van der Waals surface area contributed by atoms with Gasteiger partial charge in [0.05, 0.1) is 23.4 Å². The molecule has 158 valence electrons. The summed E-state index contributed by atoms with van der Waals surface area (Å²) in [7, 11) is 0. The lowest BCUT2D eigenvalue weighted by molar-refractivity contribution is 0.0985. The fourth-order valence-corrected chi connectivity index (χ4v) is 4.60. The summed E-state index contributed by atoms with van der Waals surface area (Å²) >= 11 is 5.00. The van der Waals surface area contributed by atoms with Gasteiger partial charge in [-0.1, -0.05) is 46.7 Å². The molecule has 0 unspecified atom stereocenters. The topological polar surface area (TPSA) is 55.3 Å². The Hall–Kier alpha value is -2.77. The Bertz CT molecular complexity index is 1160. The number of fused-ring (bicyclic) bond motifs is 1. The number of unbranched alkanes of at least 4 members (excludes halogenated alkanes) is 1. The second-order valence-electron chi connectivity index (χ2n) is 7.09. The van der Waals surface area contributed by atoms with Gasteiger partial charge in [0.25, 0.3) is 5.91 Å². The molecular formula is C24H22BrN3O2S. The van der Waals surface area contributed by atoms with Crippen molar-refractivity contribution in [1.29, 1.82) is 0 Å². The number of thiazole rings is 1. The van der Waals surface area contributed by atoms with Crippen LogP contribution < -0.4 is 9.64 Å². The van der Waals surface area contributed by atoms with Crippen molar-refractivity contribution in [3.05, 3.63) is 82.6 Å². The molecule has 1 amide bonds. The molecule has 4 rings (SSSR count). The molecule has 0 aliphatic carbocycles. The second-order valence-corrected chi connectivity index (χ2v) is 9.01. The van der Waals surface area contributed by atoms with Crippen molar-refractivity contribution in [3.8, 4) is 5.75 Å². The Labute approximate surface area is 193 Å². The summed E-state index contributed by atoms with van der Waals surface area (Å²) < 4.78 is 7.73. The van der Waals surface area contributed by atoms with E-state index in [1.165, 1.54) is 11.3 Å². The SMILES string of the molecule is CCCCOc1ccc(C(=O)N(Cc2cccnc2)c2nc3ccc(Br)cc3s2)cc1. The molecule has 0 saturated carbocycles. The summed E-state index contributed by atoms with van der Waals surface area (Å²) in [6.45, 7) is 3.20. The molecule has 0 N–H and O–H groups in total. The fourth-order valence-electron chi connectivity index (χ4n) is 3.09. The average Bonchev–Trinajstić information content (AvgIpc) is 3.21. The predicted octanol–water partition coefficient (Wildman–Crippen LogP) is 6.48. The predicted molar refractivity (Wildman–Crippen MR) is 129 cm³/mol. The minimum absolute atomic E-state index is 0.109. The lowest BCUT2D eigenvalue weighted by Crippen LogP contribution is -2.30. The minimum atomic E-state index is -0.109. The first kappa shape index (κ1) is 21.5. The number of halogens is 1. The van der Waals surface area contributed by atoms with Crippen LogP contribution in [-0.2, 0) is 6.54 Å². The summed E-state index contributed by atoms with van der Waals surface area (Å²) in [4.78, 5) is 24.1. The lowest BCUT2D eigenvalue weighted by atomic mass is 10.2. The Morgan fingerprint density at radius 1 is 1.16 bits per heavy atom. The van der Waals surface area contributed by atoms with Gasteiger partial charge in [-0.3, -0.25) is 14.7 Å². The molecule has 2 aromatic heterocycles. The van der Waals surface area contributed by atoms with E-state index in [9.17, 15) is 4.79 Å². The third-order valence-corrected chi connectivity index (χ3v) is 6.28. The van der Waals surface area contributed by atoms with Gasteiger partial charge in [-0.2, -0.15) is 0 Å². The molecule has 0 bridgehead atoms. The van der Waals surface area contributed by atoms with Crippen LogP contribution in [-0.4, -0.2) is 22.5 Å². The van der Waals surface area contributed by atoms with Crippen molar-refractivity contribution in [2.24, 2.45) is 0 Å². The van der Waals surface area contributed by atoms with Gasteiger partial charge in [0.2, 0.25) is 0 Å². The summed E-state index contributed by atoms with van der Waals surface area (Å²) in [5, 5.41) is 0.658. The Balaban J connectivity index is 1.63. The van der Waals surface area contributed by atoms with E-state index >= 15 is 0 Å². The van der Waals surface area contributed by atoms with Crippen LogP contribution in [0.1, 0.15) is 35.7 Å². The summed E-state index contributed by atoms with van der Waals surface area (Å²) in [6, 6.07) is 17.1. The largest absolute Gasteiger partial charge is 0.494 e. The number of hydrogen-bond donors (Lipinski definition) is 0. The smallest absolute Gasteiger partial charge is 0.260 e. The van der Waals surface area contributed by atoms with Crippen molar-refractivity contribution >= 4 is 48.5 Å².